The first kappa shape index (κ1) is 12.5. The average molecular weight is 241 g/mol. The van der Waals surface area contributed by atoms with Gasteiger partial charge in [-0.15, -0.1) is 0 Å². The summed E-state index contributed by atoms with van der Waals surface area (Å²) in [5.74, 6) is -0.306. The van der Waals surface area contributed by atoms with E-state index in [9.17, 15) is 9.59 Å². The molecule has 0 aliphatic carbocycles. The van der Waals surface area contributed by atoms with E-state index in [0.717, 1.165) is 5.56 Å². The monoisotopic (exact) mass is 240 g/mol. The molecule has 2 amide bonds. The number of benzene rings is 1. The van der Waals surface area contributed by atoms with Crippen LogP contribution in [-0.4, -0.2) is 18.4 Å². The first-order valence-corrected chi connectivity index (χ1v) is 5.19. The summed E-state index contributed by atoms with van der Waals surface area (Å²) in [4.78, 5) is 21.8. The molecule has 2 N–H and O–H groups in total. The van der Waals surface area contributed by atoms with Crippen molar-refractivity contribution in [1.82, 2.24) is 5.32 Å². The number of nitrogens with one attached hydrogen (secondary N) is 2. The van der Waals surface area contributed by atoms with Crippen molar-refractivity contribution >= 4 is 29.6 Å². The van der Waals surface area contributed by atoms with E-state index in [1.165, 1.54) is 0 Å². The van der Waals surface area contributed by atoms with Gasteiger partial charge in [0.05, 0.1) is 10.7 Å². The molecule has 0 bridgehead atoms. The van der Waals surface area contributed by atoms with Gasteiger partial charge in [0.25, 0.3) is 0 Å². The van der Waals surface area contributed by atoms with Gasteiger partial charge in [0.15, 0.2) is 0 Å². The summed E-state index contributed by atoms with van der Waals surface area (Å²) in [5.41, 5.74) is 1.54. The van der Waals surface area contributed by atoms with Gasteiger partial charge in [-0.1, -0.05) is 17.7 Å². The van der Waals surface area contributed by atoms with Gasteiger partial charge < -0.3 is 10.6 Å². The van der Waals surface area contributed by atoms with Gasteiger partial charge >= 0.3 is 0 Å². The largest absolute Gasteiger partial charge is 0.347 e. The molecule has 0 radical (unpaired) electrons. The number of hydrogen-bond acceptors (Lipinski definition) is 2. The number of amides is 2. The molecule has 5 heteroatoms. The van der Waals surface area contributed by atoms with Crippen LogP contribution in [0, 0.1) is 6.92 Å². The van der Waals surface area contributed by atoms with E-state index in [0.29, 0.717) is 17.1 Å². The third-order valence-corrected chi connectivity index (χ3v) is 2.42. The van der Waals surface area contributed by atoms with Crippen LogP contribution in [0.1, 0.15) is 12.5 Å². The highest BCUT2D eigenvalue weighted by atomic mass is 35.5. The third-order valence-electron chi connectivity index (χ3n) is 2.09. The van der Waals surface area contributed by atoms with Crippen molar-refractivity contribution in [3.63, 3.8) is 0 Å². The van der Waals surface area contributed by atoms with E-state index in [1.807, 2.05) is 13.0 Å². The number of anilines is 1. The maximum atomic E-state index is 11.6. The Bertz CT molecular complexity index is 407. The molecule has 4 nitrogen and oxygen atoms in total. The van der Waals surface area contributed by atoms with Gasteiger partial charge in [0, 0.05) is 0 Å². The van der Waals surface area contributed by atoms with Gasteiger partial charge in [0.1, 0.15) is 6.04 Å². The average Bonchev–Trinajstić information content (AvgIpc) is 2.23. The second kappa shape index (κ2) is 5.51. The molecule has 86 valence electrons. The minimum atomic E-state index is -0.589. The third kappa shape index (κ3) is 3.24. The van der Waals surface area contributed by atoms with E-state index in [1.54, 1.807) is 19.1 Å². The SMILES string of the molecule is Cc1ccc(Cl)c(NC(=O)C(C)NC=O)c1. The lowest BCUT2D eigenvalue weighted by atomic mass is 10.2. The van der Waals surface area contributed by atoms with E-state index in [4.69, 9.17) is 11.6 Å². The molecule has 1 atom stereocenters. The highest BCUT2D eigenvalue weighted by molar-refractivity contribution is 6.33. The lowest BCUT2D eigenvalue weighted by Gasteiger charge is -2.12. The fourth-order valence-corrected chi connectivity index (χ4v) is 1.32. The first-order valence-electron chi connectivity index (χ1n) is 4.81. The zero-order valence-corrected chi connectivity index (χ0v) is 9.84. The topological polar surface area (TPSA) is 58.2 Å². The van der Waals surface area contributed by atoms with E-state index in [2.05, 4.69) is 10.6 Å². The number of hydrogen-bond donors (Lipinski definition) is 2. The zero-order valence-electron chi connectivity index (χ0n) is 9.08. The van der Waals surface area contributed by atoms with E-state index >= 15 is 0 Å². The molecule has 1 unspecified atom stereocenters. The fraction of sp³-hybridized carbons (Fsp3) is 0.273. The smallest absolute Gasteiger partial charge is 0.246 e. The normalized spacial score (nSPS) is 11.7. The Kier molecular flexibility index (Phi) is 4.31. The highest BCUT2D eigenvalue weighted by Gasteiger charge is 2.12. The van der Waals surface area contributed by atoms with Crippen molar-refractivity contribution in [2.24, 2.45) is 0 Å². The molecule has 1 rings (SSSR count). The van der Waals surface area contributed by atoms with Crippen molar-refractivity contribution < 1.29 is 9.59 Å². The summed E-state index contributed by atoms with van der Waals surface area (Å²) in [7, 11) is 0. The van der Waals surface area contributed by atoms with Crippen LogP contribution in [0.5, 0.6) is 0 Å². The minimum absolute atomic E-state index is 0.306. The predicted octanol–water partition coefficient (Wildman–Crippen LogP) is 1.72. The summed E-state index contributed by atoms with van der Waals surface area (Å²) in [6.45, 7) is 3.49. The first-order chi connectivity index (χ1) is 7.54. The molecule has 0 aliphatic heterocycles. The lowest BCUT2D eigenvalue weighted by molar-refractivity contribution is -0.120. The minimum Gasteiger partial charge on any atom is -0.347 e. The quantitative estimate of drug-likeness (QED) is 0.788. The summed E-state index contributed by atoms with van der Waals surface area (Å²) < 4.78 is 0. The van der Waals surface area contributed by atoms with Crippen LogP contribution in [0.25, 0.3) is 0 Å². The fourth-order valence-electron chi connectivity index (χ4n) is 1.15. The standard InChI is InChI=1S/C11H13ClN2O2/c1-7-3-4-9(12)10(5-7)14-11(16)8(2)13-6-15/h3-6,8H,1-2H3,(H,13,15)(H,14,16). The lowest BCUT2D eigenvalue weighted by Crippen LogP contribution is -2.37. The van der Waals surface area contributed by atoms with Crippen molar-refractivity contribution in [2.45, 2.75) is 19.9 Å². The van der Waals surface area contributed by atoms with Crippen LogP contribution in [0.15, 0.2) is 18.2 Å². The molecule has 0 fully saturated rings. The molecule has 1 aromatic carbocycles. The van der Waals surface area contributed by atoms with Gasteiger partial charge in [0.2, 0.25) is 12.3 Å². The zero-order chi connectivity index (χ0) is 12.1. The van der Waals surface area contributed by atoms with E-state index in [-0.39, 0.29) is 5.91 Å². The van der Waals surface area contributed by atoms with E-state index < -0.39 is 6.04 Å². The van der Waals surface area contributed by atoms with Gasteiger partial charge in [-0.05, 0) is 31.5 Å². The van der Waals surface area contributed by atoms with Crippen LogP contribution in [0.3, 0.4) is 0 Å². The molecule has 0 heterocycles. The molecule has 0 aliphatic rings. The molecule has 0 saturated carbocycles. The predicted molar refractivity (Wildman–Crippen MR) is 63.5 cm³/mol. The van der Waals surface area contributed by atoms with Crippen LogP contribution in [0.2, 0.25) is 5.02 Å². The number of carbonyl (C=O) groups is 2. The Hall–Kier alpha value is -1.55. The number of rotatable bonds is 4. The molecular formula is C11H13ClN2O2. The molecular weight excluding hydrogens is 228 g/mol. The maximum absolute atomic E-state index is 11.6. The highest BCUT2D eigenvalue weighted by Crippen LogP contribution is 2.22. The van der Waals surface area contributed by atoms with Crippen LogP contribution < -0.4 is 10.6 Å². The Balaban J connectivity index is 2.76. The molecule has 0 saturated heterocycles. The number of aryl methyl sites for hydroxylation is 1. The summed E-state index contributed by atoms with van der Waals surface area (Å²) in [6, 6.07) is 4.75. The Labute approximate surface area is 99.0 Å². The Morgan fingerprint density at radius 2 is 2.19 bits per heavy atom. The van der Waals surface area contributed by atoms with Gasteiger partial charge in [-0.3, -0.25) is 9.59 Å². The maximum Gasteiger partial charge on any atom is 0.246 e. The Morgan fingerprint density at radius 1 is 1.50 bits per heavy atom. The van der Waals surface area contributed by atoms with Crippen LogP contribution >= 0.6 is 11.6 Å². The van der Waals surface area contributed by atoms with Gasteiger partial charge in [-0.25, -0.2) is 0 Å². The van der Waals surface area contributed by atoms with Crippen LogP contribution in [0.4, 0.5) is 5.69 Å². The number of carbonyl (C=O) groups excluding carboxylic acids is 2. The summed E-state index contributed by atoms with van der Waals surface area (Å²) >= 11 is 5.92. The van der Waals surface area contributed by atoms with Crippen molar-refractivity contribution in [3.8, 4) is 0 Å². The molecule has 16 heavy (non-hydrogen) atoms. The molecule has 0 spiro atoms. The second-order valence-electron chi connectivity index (χ2n) is 3.48. The summed E-state index contributed by atoms with van der Waals surface area (Å²) in [6.07, 6.45) is 0.488. The molecule has 1 aromatic rings. The van der Waals surface area contributed by atoms with Gasteiger partial charge in [-0.2, -0.15) is 0 Å². The number of halogens is 1. The summed E-state index contributed by atoms with van der Waals surface area (Å²) in [5, 5.41) is 5.48. The van der Waals surface area contributed by atoms with Crippen molar-refractivity contribution in [1.29, 1.82) is 0 Å². The Morgan fingerprint density at radius 3 is 2.81 bits per heavy atom. The van der Waals surface area contributed by atoms with Crippen LogP contribution in [-0.2, 0) is 9.59 Å². The second-order valence-corrected chi connectivity index (χ2v) is 3.89. The van der Waals surface area contributed by atoms with Crippen molar-refractivity contribution in [3.05, 3.63) is 28.8 Å². The molecule has 0 aromatic heterocycles. The van der Waals surface area contributed by atoms with Crippen molar-refractivity contribution in [2.75, 3.05) is 5.32 Å².